The zero-order valence-corrected chi connectivity index (χ0v) is 12.0. The Kier molecular flexibility index (Phi) is 2.88. The molecule has 1 aliphatic rings. The molecule has 0 amide bonds. The van der Waals surface area contributed by atoms with Gasteiger partial charge in [0.1, 0.15) is 5.75 Å². The average Bonchev–Trinajstić information content (AvgIpc) is 3.31. The standard InChI is InChI=1S/C17H17N3O/c1-21-15-7-2-12(3-8-15)11-20-17-14(10-18-20)6-9-16(19-17)13-4-5-13/h2-3,6-10,13H,4-5,11H2,1H3. The molecule has 1 fully saturated rings. The average molecular weight is 279 g/mol. The van der Waals surface area contributed by atoms with Crippen molar-refractivity contribution in [1.29, 1.82) is 0 Å². The Morgan fingerprint density at radius 3 is 2.67 bits per heavy atom. The molecule has 2 aromatic heterocycles. The Balaban J connectivity index is 1.66. The molecule has 4 nitrogen and oxygen atoms in total. The van der Waals surface area contributed by atoms with Gasteiger partial charge in [-0.1, -0.05) is 12.1 Å². The van der Waals surface area contributed by atoms with E-state index in [1.54, 1.807) is 7.11 Å². The van der Waals surface area contributed by atoms with E-state index in [1.807, 2.05) is 23.0 Å². The zero-order valence-electron chi connectivity index (χ0n) is 12.0. The second-order valence-corrected chi connectivity index (χ2v) is 5.57. The van der Waals surface area contributed by atoms with E-state index in [1.165, 1.54) is 24.1 Å². The van der Waals surface area contributed by atoms with Crippen LogP contribution in [0.15, 0.2) is 42.6 Å². The number of hydrogen-bond acceptors (Lipinski definition) is 3. The highest BCUT2D eigenvalue weighted by molar-refractivity contribution is 5.74. The van der Waals surface area contributed by atoms with Crippen LogP contribution < -0.4 is 4.74 Å². The molecule has 0 saturated heterocycles. The number of nitrogens with zero attached hydrogens (tertiary/aromatic N) is 3. The van der Waals surface area contributed by atoms with Crippen molar-refractivity contribution >= 4 is 11.0 Å². The third kappa shape index (κ3) is 2.37. The molecule has 3 aromatic rings. The molecule has 0 N–H and O–H groups in total. The number of aromatic nitrogens is 3. The molecule has 0 aliphatic heterocycles. The van der Waals surface area contributed by atoms with Crippen LogP contribution in [0, 0.1) is 0 Å². The predicted molar refractivity (Wildman–Crippen MR) is 81.6 cm³/mol. The summed E-state index contributed by atoms with van der Waals surface area (Å²) in [5.41, 5.74) is 3.38. The molecule has 0 radical (unpaired) electrons. The van der Waals surface area contributed by atoms with E-state index in [0.717, 1.165) is 23.3 Å². The summed E-state index contributed by atoms with van der Waals surface area (Å²) in [6.07, 6.45) is 4.43. The quantitative estimate of drug-likeness (QED) is 0.735. The van der Waals surface area contributed by atoms with E-state index in [2.05, 4.69) is 29.4 Å². The highest BCUT2D eigenvalue weighted by Crippen LogP contribution is 2.39. The van der Waals surface area contributed by atoms with Gasteiger partial charge in [-0.25, -0.2) is 9.67 Å². The molecule has 21 heavy (non-hydrogen) atoms. The largest absolute Gasteiger partial charge is 0.497 e. The van der Waals surface area contributed by atoms with Crippen molar-refractivity contribution in [3.05, 3.63) is 53.9 Å². The topological polar surface area (TPSA) is 39.9 Å². The first-order chi connectivity index (χ1) is 10.3. The molecule has 1 aromatic carbocycles. The number of methoxy groups -OCH3 is 1. The van der Waals surface area contributed by atoms with Crippen molar-refractivity contribution in [1.82, 2.24) is 14.8 Å². The zero-order chi connectivity index (χ0) is 14.2. The maximum Gasteiger partial charge on any atom is 0.158 e. The van der Waals surface area contributed by atoms with E-state index >= 15 is 0 Å². The lowest BCUT2D eigenvalue weighted by Crippen LogP contribution is -2.03. The fourth-order valence-electron chi connectivity index (χ4n) is 2.59. The van der Waals surface area contributed by atoms with Crippen molar-refractivity contribution in [3.63, 3.8) is 0 Å². The fraction of sp³-hybridized carbons (Fsp3) is 0.294. The minimum Gasteiger partial charge on any atom is -0.497 e. The molecule has 4 rings (SSSR count). The number of rotatable bonds is 4. The van der Waals surface area contributed by atoms with Crippen molar-refractivity contribution in [2.45, 2.75) is 25.3 Å². The van der Waals surface area contributed by atoms with E-state index in [0.29, 0.717) is 5.92 Å². The van der Waals surface area contributed by atoms with Gasteiger partial charge in [0.05, 0.1) is 19.9 Å². The Bertz CT molecular complexity index is 772. The maximum absolute atomic E-state index is 5.19. The minimum absolute atomic E-state index is 0.665. The molecule has 2 heterocycles. The normalized spacial score (nSPS) is 14.5. The molecular formula is C17H17N3O. The predicted octanol–water partition coefficient (Wildman–Crippen LogP) is 3.37. The fourth-order valence-corrected chi connectivity index (χ4v) is 2.59. The van der Waals surface area contributed by atoms with Gasteiger partial charge in [0, 0.05) is 17.0 Å². The first-order valence-corrected chi connectivity index (χ1v) is 7.29. The minimum atomic E-state index is 0.665. The summed E-state index contributed by atoms with van der Waals surface area (Å²) in [6.45, 7) is 0.731. The molecule has 0 bridgehead atoms. The molecule has 1 aliphatic carbocycles. The van der Waals surface area contributed by atoms with Gasteiger partial charge in [-0.2, -0.15) is 5.10 Å². The summed E-state index contributed by atoms with van der Waals surface area (Å²) < 4.78 is 7.16. The van der Waals surface area contributed by atoms with Gasteiger partial charge in [-0.15, -0.1) is 0 Å². The molecule has 4 heteroatoms. The van der Waals surface area contributed by atoms with Crippen LogP contribution in [0.4, 0.5) is 0 Å². The van der Waals surface area contributed by atoms with Gasteiger partial charge in [0.2, 0.25) is 0 Å². The van der Waals surface area contributed by atoms with Crippen LogP contribution >= 0.6 is 0 Å². The van der Waals surface area contributed by atoms with Crippen LogP contribution in [0.5, 0.6) is 5.75 Å². The Morgan fingerprint density at radius 1 is 1.14 bits per heavy atom. The van der Waals surface area contributed by atoms with E-state index in [9.17, 15) is 0 Å². The Labute approximate surface area is 123 Å². The smallest absolute Gasteiger partial charge is 0.158 e. The first-order valence-electron chi connectivity index (χ1n) is 7.29. The maximum atomic E-state index is 5.19. The van der Waals surface area contributed by atoms with Gasteiger partial charge in [0.25, 0.3) is 0 Å². The number of pyridine rings is 1. The van der Waals surface area contributed by atoms with E-state index in [-0.39, 0.29) is 0 Å². The molecule has 0 unspecified atom stereocenters. The van der Waals surface area contributed by atoms with Gasteiger partial charge < -0.3 is 4.74 Å². The lowest BCUT2D eigenvalue weighted by molar-refractivity contribution is 0.414. The van der Waals surface area contributed by atoms with Crippen molar-refractivity contribution in [2.24, 2.45) is 0 Å². The Hall–Kier alpha value is -2.36. The second-order valence-electron chi connectivity index (χ2n) is 5.57. The molecule has 1 saturated carbocycles. The number of benzene rings is 1. The van der Waals surface area contributed by atoms with Crippen molar-refractivity contribution < 1.29 is 4.74 Å². The summed E-state index contributed by atoms with van der Waals surface area (Å²) in [5, 5.41) is 5.58. The summed E-state index contributed by atoms with van der Waals surface area (Å²) in [7, 11) is 1.68. The summed E-state index contributed by atoms with van der Waals surface area (Å²) in [6, 6.07) is 12.4. The van der Waals surface area contributed by atoms with Gasteiger partial charge in [-0.3, -0.25) is 0 Å². The third-order valence-electron chi connectivity index (χ3n) is 3.99. The van der Waals surface area contributed by atoms with Gasteiger partial charge in [0.15, 0.2) is 5.65 Å². The SMILES string of the molecule is COc1ccc(Cn2ncc3ccc(C4CC4)nc32)cc1. The van der Waals surface area contributed by atoms with Crippen molar-refractivity contribution in [3.8, 4) is 5.75 Å². The van der Waals surface area contributed by atoms with Crippen LogP contribution in [-0.4, -0.2) is 21.9 Å². The monoisotopic (exact) mass is 279 g/mol. The number of fused-ring (bicyclic) bond motifs is 1. The Morgan fingerprint density at radius 2 is 1.95 bits per heavy atom. The van der Waals surface area contributed by atoms with Crippen LogP contribution in [0.1, 0.15) is 30.0 Å². The molecular weight excluding hydrogens is 262 g/mol. The van der Waals surface area contributed by atoms with Gasteiger partial charge in [-0.05, 0) is 42.7 Å². The first kappa shape index (κ1) is 12.4. The number of hydrogen-bond donors (Lipinski definition) is 0. The lowest BCUT2D eigenvalue weighted by Gasteiger charge is -2.06. The second kappa shape index (κ2) is 4.88. The lowest BCUT2D eigenvalue weighted by atomic mass is 10.2. The molecule has 0 spiro atoms. The molecule has 106 valence electrons. The summed E-state index contributed by atoms with van der Waals surface area (Å²) in [5.74, 6) is 1.54. The van der Waals surface area contributed by atoms with Crippen LogP contribution in [-0.2, 0) is 6.54 Å². The summed E-state index contributed by atoms with van der Waals surface area (Å²) >= 11 is 0. The van der Waals surface area contributed by atoms with E-state index < -0.39 is 0 Å². The van der Waals surface area contributed by atoms with Crippen LogP contribution in [0.3, 0.4) is 0 Å². The number of ether oxygens (including phenoxy) is 1. The highest BCUT2D eigenvalue weighted by atomic mass is 16.5. The van der Waals surface area contributed by atoms with E-state index in [4.69, 9.17) is 9.72 Å². The third-order valence-corrected chi connectivity index (χ3v) is 3.99. The van der Waals surface area contributed by atoms with Crippen molar-refractivity contribution in [2.75, 3.05) is 7.11 Å². The highest BCUT2D eigenvalue weighted by Gasteiger charge is 2.25. The summed E-state index contributed by atoms with van der Waals surface area (Å²) in [4.78, 5) is 4.80. The van der Waals surface area contributed by atoms with Gasteiger partial charge >= 0.3 is 0 Å². The van der Waals surface area contributed by atoms with Crippen LogP contribution in [0.25, 0.3) is 11.0 Å². The van der Waals surface area contributed by atoms with Crippen LogP contribution in [0.2, 0.25) is 0 Å². The molecule has 0 atom stereocenters.